The molecule has 1 rings (SSSR count). The van der Waals surface area contributed by atoms with Gasteiger partial charge in [-0.25, -0.2) is 8.42 Å². The second-order valence-electron chi connectivity index (χ2n) is 4.30. The SMILES string of the molecule is COCC(O)CN(C)S(=O)(=O)c1cc(Cl)ccc1C. The highest BCUT2D eigenvalue weighted by molar-refractivity contribution is 7.89. The van der Waals surface area contributed by atoms with Crippen molar-refractivity contribution in [2.24, 2.45) is 0 Å². The molecule has 0 aromatic heterocycles. The highest BCUT2D eigenvalue weighted by Gasteiger charge is 2.24. The molecule has 0 aliphatic carbocycles. The molecule has 0 saturated carbocycles. The molecule has 0 saturated heterocycles. The Hall–Kier alpha value is -0.660. The van der Waals surface area contributed by atoms with Crippen LogP contribution in [0.1, 0.15) is 5.56 Å². The van der Waals surface area contributed by atoms with Crippen molar-refractivity contribution >= 4 is 21.6 Å². The summed E-state index contributed by atoms with van der Waals surface area (Å²) in [5.41, 5.74) is 0.609. The van der Waals surface area contributed by atoms with Crippen molar-refractivity contribution in [3.05, 3.63) is 28.8 Å². The molecule has 0 fully saturated rings. The van der Waals surface area contributed by atoms with Crippen LogP contribution in [0.15, 0.2) is 23.1 Å². The standard InChI is InChI=1S/C12H18ClNO4S/c1-9-4-5-10(13)6-12(9)19(16,17)14(2)7-11(15)8-18-3/h4-6,11,15H,7-8H2,1-3H3. The summed E-state index contributed by atoms with van der Waals surface area (Å²) < 4.78 is 30.6. The van der Waals surface area contributed by atoms with Crippen LogP contribution in [0, 0.1) is 6.92 Å². The van der Waals surface area contributed by atoms with Crippen LogP contribution >= 0.6 is 11.6 Å². The Labute approximate surface area is 118 Å². The summed E-state index contributed by atoms with van der Waals surface area (Å²) in [6.07, 6.45) is -0.871. The second kappa shape index (κ2) is 6.67. The number of hydrogen-bond acceptors (Lipinski definition) is 4. The number of methoxy groups -OCH3 is 1. The molecule has 1 aromatic carbocycles. The molecule has 19 heavy (non-hydrogen) atoms. The zero-order valence-electron chi connectivity index (χ0n) is 11.1. The lowest BCUT2D eigenvalue weighted by Crippen LogP contribution is -2.36. The van der Waals surface area contributed by atoms with Gasteiger partial charge in [-0.05, 0) is 24.6 Å². The van der Waals surface area contributed by atoms with Crippen LogP contribution in [-0.4, -0.2) is 51.2 Å². The van der Waals surface area contributed by atoms with Crippen LogP contribution in [-0.2, 0) is 14.8 Å². The van der Waals surface area contributed by atoms with Crippen LogP contribution in [0.5, 0.6) is 0 Å². The van der Waals surface area contributed by atoms with Crippen LogP contribution < -0.4 is 0 Å². The van der Waals surface area contributed by atoms with E-state index in [9.17, 15) is 13.5 Å². The Bertz CT molecular complexity index is 533. The highest BCUT2D eigenvalue weighted by Crippen LogP contribution is 2.22. The number of aryl methyl sites for hydroxylation is 1. The lowest BCUT2D eigenvalue weighted by atomic mass is 10.2. The Morgan fingerprint density at radius 1 is 1.47 bits per heavy atom. The monoisotopic (exact) mass is 307 g/mol. The van der Waals surface area contributed by atoms with E-state index in [1.807, 2.05) is 0 Å². The number of sulfonamides is 1. The number of aliphatic hydroxyl groups is 1. The van der Waals surface area contributed by atoms with Gasteiger partial charge in [0.15, 0.2) is 0 Å². The molecule has 1 N–H and O–H groups in total. The molecule has 1 aromatic rings. The molecule has 0 aliphatic rings. The van der Waals surface area contributed by atoms with Crippen LogP contribution in [0.3, 0.4) is 0 Å². The number of halogens is 1. The van der Waals surface area contributed by atoms with Crippen molar-refractivity contribution < 1.29 is 18.3 Å². The molecule has 0 aliphatic heterocycles. The van der Waals surface area contributed by atoms with Gasteiger partial charge >= 0.3 is 0 Å². The molecule has 7 heteroatoms. The average molecular weight is 308 g/mol. The number of rotatable bonds is 6. The zero-order valence-corrected chi connectivity index (χ0v) is 12.7. The number of nitrogens with zero attached hydrogens (tertiary/aromatic N) is 1. The molecule has 1 unspecified atom stereocenters. The first-order valence-electron chi connectivity index (χ1n) is 5.68. The molecule has 5 nitrogen and oxygen atoms in total. The number of benzene rings is 1. The predicted molar refractivity (Wildman–Crippen MR) is 73.9 cm³/mol. The van der Waals surface area contributed by atoms with Crippen LogP contribution in [0.25, 0.3) is 0 Å². The third-order valence-electron chi connectivity index (χ3n) is 2.67. The first-order chi connectivity index (χ1) is 8.78. The van der Waals surface area contributed by atoms with E-state index in [1.165, 1.54) is 20.2 Å². The van der Waals surface area contributed by atoms with Crippen molar-refractivity contribution in [3.8, 4) is 0 Å². The van der Waals surface area contributed by atoms with Gasteiger partial charge in [-0.2, -0.15) is 4.31 Å². The molecule has 0 heterocycles. The number of aliphatic hydroxyl groups excluding tert-OH is 1. The second-order valence-corrected chi connectivity index (χ2v) is 6.75. The minimum absolute atomic E-state index is 0.0396. The molecule has 1 atom stereocenters. The lowest BCUT2D eigenvalue weighted by molar-refractivity contribution is 0.0554. The van der Waals surface area contributed by atoms with Gasteiger partial charge in [0.1, 0.15) is 0 Å². The molecule has 108 valence electrons. The third kappa shape index (κ3) is 4.15. The molecule has 0 spiro atoms. The third-order valence-corrected chi connectivity index (χ3v) is 4.87. The maximum atomic E-state index is 12.4. The zero-order chi connectivity index (χ0) is 14.6. The average Bonchev–Trinajstić information content (AvgIpc) is 2.32. The van der Waals surface area contributed by atoms with Crippen molar-refractivity contribution in [3.63, 3.8) is 0 Å². The van der Waals surface area contributed by atoms with Gasteiger partial charge in [-0.3, -0.25) is 0 Å². The molecular weight excluding hydrogens is 290 g/mol. The summed E-state index contributed by atoms with van der Waals surface area (Å²) in [7, 11) is -0.818. The van der Waals surface area contributed by atoms with Crippen molar-refractivity contribution in [1.29, 1.82) is 0 Å². The van der Waals surface area contributed by atoms with Crippen molar-refractivity contribution in [2.45, 2.75) is 17.9 Å². The van der Waals surface area contributed by atoms with Gasteiger partial charge < -0.3 is 9.84 Å². The Morgan fingerprint density at radius 2 is 2.11 bits per heavy atom. The van der Waals surface area contributed by atoms with Gasteiger partial charge in [-0.1, -0.05) is 17.7 Å². The fourth-order valence-corrected chi connectivity index (χ4v) is 3.35. The quantitative estimate of drug-likeness (QED) is 0.859. The normalized spacial score (nSPS) is 13.8. The van der Waals surface area contributed by atoms with Crippen molar-refractivity contribution in [1.82, 2.24) is 4.31 Å². The number of likely N-dealkylation sites (N-methyl/N-ethyl adjacent to an activating group) is 1. The van der Waals surface area contributed by atoms with E-state index in [4.69, 9.17) is 16.3 Å². The molecular formula is C12H18ClNO4S. The Kier molecular flexibility index (Phi) is 5.76. The number of hydrogen-bond donors (Lipinski definition) is 1. The lowest BCUT2D eigenvalue weighted by Gasteiger charge is -2.21. The van der Waals surface area contributed by atoms with Gasteiger partial charge in [0.05, 0.1) is 17.6 Å². The Balaban J connectivity index is 3.00. The topological polar surface area (TPSA) is 66.8 Å². The van der Waals surface area contributed by atoms with Gasteiger partial charge in [0.2, 0.25) is 10.0 Å². The summed E-state index contributed by atoms with van der Waals surface area (Å²) in [6.45, 7) is 1.74. The van der Waals surface area contributed by atoms with E-state index in [0.717, 1.165) is 4.31 Å². The smallest absolute Gasteiger partial charge is 0.243 e. The highest BCUT2D eigenvalue weighted by atomic mass is 35.5. The van der Waals surface area contributed by atoms with E-state index in [1.54, 1.807) is 19.1 Å². The summed E-state index contributed by atoms with van der Waals surface area (Å²) in [4.78, 5) is 0.145. The fourth-order valence-electron chi connectivity index (χ4n) is 1.66. The minimum Gasteiger partial charge on any atom is -0.389 e. The first-order valence-corrected chi connectivity index (χ1v) is 7.50. The Morgan fingerprint density at radius 3 is 2.68 bits per heavy atom. The fraction of sp³-hybridized carbons (Fsp3) is 0.500. The molecule has 0 amide bonds. The summed E-state index contributed by atoms with van der Waals surface area (Å²) in [5.74, 6) is 0. The maximum Gasteiger partial charge on any atom is 0.243 e. The number of ether oxygens (including phenoxy) is 1. The minimum atomic E-state index is -3.67. The maximum absolute atomic E-state index is 12.4. The summed E-state index contributed by atoms with van der Waals surface area (Å²) in [5, 5.41) is 9.95. The van der Waals surface area contributed by atoms with Crippen LogP contribution in [0.4, 0.5) is 0 Å². The van der Waals surface area contributed by atoms with E-state index in [2.05, 4.69) is 0 Å². The van der Waals surface area contributed by atoms with Gasteiger partial charge in [0, 0.05) is 25.7 Å². The molecule has 0 bridgehead atoms. The molecule has 0 radical (unpaired) electrons. The van der Waals surface area contributed by atoms with Crippen molar-refractivity contribution in [2.75, 3.05) is 27.3 Å². The summed E-state index contributed by atoms with van der Waals surface area (Å²) >= 11 is 5.83. The first kappa shape index (κ1) is 16.4. The van der Waals surface area contributed by atoms with E-state index < -0.39 is 16.1 Å². The van der Waals surface area contributed by atoms with Gasteiger partial charge in [-0.15, -0.1) is 0 Å². The van der Waals surface area contributed by atoms with Gasteiger partial charge in [0.25, 0.3) is 0 Å². The van der Waals surface area contributed by atoms with E-state index >= 15 is 0 Å². The van der Waals surface area contributed by atoms with Crippen LogP contribution in [0.2, 0.25) is 5.02 Å². The van der Waals surface area contributed by atoms with E-state index in [0.29, 0.717) is 10.6 Å². The van der Waals surface area contributed by atoms with E-state index in [-0.39, 0.29) is 18.0 Å². The summed E-state index contributed by atoms with van der Waals surface area (Å²) in [6, 6.07) is 4.69. The predicted octanol–water partition coefficient (Wildman–Crippen LogP) is 1.28. The largest absolute Gasteiger partial charge is 0.389 e.